The van der Waals surface area contributed by atoms with E-state index in [0.29, 0.717) is 0 Å². The summed E-state index contributed by atoms with van der Waals surface area (Å²) in [4.78, 5) is 28.8. The van der Waals surface area contributed by atoms with Gasteiger partial charge in [-0.1, -0.05) is 74.5 Å². The molecule has 43 heavy (non-hydrogen) atoms. The Hall–Kier alpha value is -5.23. The average molecular weight is 561 g/mol. The summed E-state index contributed by atoms with van der Waals surface area (Å²) >= 11 is 0. The smallest absolute Gasteiger partial charge is 0.160 e. The van der Waals surface area contributed by atoms with Crippen molar-refractivity contribution < 1.29 is 0 Å². The van der Waals surface area contributed by atoms with Crippen LogP contribution in [-0.4, -0.2) is 45.1 Å². The SMILES string of the molecule is CCc1c(CC)/c2[nH]/c1=C\C1=NC(C=C1)/N=C(/c1ccccc1)c1ccnc(c1)/C(c1ccccc1)=N\C1C=CC(=N1)\C=2. The summed E-state index contributed by atoms with van der Waals surface area (Å²) < 4.78 is 0. The number of aromatic nitrogens is 2. The zero-order valence-corrected chi connectivity index (χ0v) is 24.3. The summed E-state index contributed by atoms with van der Waals surface area (Å²) in [6.45, 7) is 4.41. The molecule has 0 fully saturated rings. The van der Waals surface area contributed by atoms with E-state index in [9.17, 15) is 0 Å². The van der Waals surface area contributed by atoms with Crippen LogP contribution in [0.25, 0.3) is 12.2 Å². The molecule has 5 heterocycles. The Morgan fingerprint density at radius 1 is 0.605 bits per heavy atom. The fraction of sp³-hybridized carbons (Fsp3) is 0.162. The molecule has 0 radical (unpaired) electrons. The standard InChI is InChI=1S/C37H32N6/c1-3-29-30(4-2)32-23-28-16-18-35(40-28)43-37(25-13-9-6-10-14-25)33-21-26(19-20-38-33)36(24-11-7-5-8-12-24)42-34-17-15-27(39-34)22-31(29)41-32/h5-23,34-35,41H,3-4H2,1-2H3/b31-22-,32-23-,42-36-,43-37-. The molecule has 0 saturated carbocycles. The van der Waals surface area contributed by atoms with Crippen LogP contribution >= 0.6 is 0 Å². The fourth-order valence-electron chi connectivity index (χ4n) is 5.90. The lowest BCUT2D eigenvalue weighted by Gasteiger charge is -2.13. The van der Waals surface area contributed by atoms with Crippen LogP contribution in [0.1, 0.15) is 47.4 Å². The van der Waals surface area contributed by atoms with E-state index in [-0.39, 0.29) is 12.3 Å². The molecule has 0 saturated heterocycles. The van der Waals surface area contributed by atoms with Crippen LogP contribution in [0.3, 0.4) is 0 Å². The molecule has 2 unspecified atom stereocenters. The zero-order chi connectivity index (χ0) is 29.2. The molecule has 7 rings (SSSR count). The van der Waals surface area contributed by atoms with Gasteiger partial charge in [-0.25, -0.2) is 0 Å². The summed E-state index contributed by atoms with van der Waals surface area (Å²) in [6, 6.07) is 24.5. The minimum absolute atomic E-state index is 0.328. The number of rotatable bonds is 4. The van der Waals surface area contributed by atoms with Gasteiger partial charge in [0.1, 0.15) is 0 Å². The van der Waals surface area contributed by atoms with E-state index in [1.54, 1.807) is 0 Å². The van der Waals surface area contributed by atoms with Gasteiger partial charge in [0.25, 0.3) is 0 Å². The topological polar surface area (TPSA) is 78.1 Å². The lowest BCUT2D eigenvalue weighted by atomic mass is 9.99. The number of H-pyrrole nitrogens is 1. The monoisotopic (exact) mass is 560 g/mol. The highest BCUT2D eigenvalue weighted by molar-refractivity contribution is 6.20. The van der Waals surface area contributed by atoms with Gasteiger partial charge in [0.2, 0.25) is 0 Å². The fourth-order valence-corrected chi connectivity index (χ4v) is 5.90. The van der Waals surface area contributed by atoms with E-state index in [0.717, 1.165) is 68.8 Å². The second-order valence-corrected chi connectivity index (χ2v) is 10.7. The van der Waals surface area contributed by atoms with Crippen molar-refractivity contribution in [3.8, 4) is 0 Å². The molecule has 3 aliphatic rings. The summed E-state index contributed by atoms with van der Waals surface area (Å²) in [5, 5.41) is 2.17. The van der Waals surface area contributed by atoms with Crippen molar-refractivity contribution in [3.05, 3.63) is 148 Å². The van der Waals surface area contributed by atoms with Crippen LogP contribution in [-0.2, 0) is 12.8 Å². The molecule has 0 spiro atoms. The van der Waals surface area contributed by atoms with E-state index >= 15 is 0 Å². The average Bonchev–Trinajstić information content (AvgIpc) is 3.78. The van der Waals surface area contributed by atoms with Gasteiger partial charge in [0, 0.05) is 33.6 Å². The first-order chi connectivity index (χ1) is 21.2. The predicted octanol–water partition coefficient (Wildman–Crippen LogP) is 5.16. The largest absolute Gasteiger partial charge is 0.355 e. The molecular formula is C37H32N6. The number of aromatic amines is 1. The highest BCUT2D eigenvalue weighted by atomic mass is 15.0. The van der Waals surface area contributed by atoms with Crippen LogP contribution in [0.2, 0.25) is 0 Å². The Labute approximate surface area is 251 Å². The normalized spacial score (nSPS) is 22.9. The minimum atomic E-state index is -0.348. The first-order valence-electron chi connectivity index (χ1n) is 14.9. The summed E-state index contributed by atoms with van der Waals surface area (Å²) in [6.07, 6.45) is 15.5. The van der Waals surface area contributed by atoms with Gasteiger partial charge in [-0.05, 0) is 72.6 Å². The van der Waals surface area contributed by atoms with E-state index in [4.69, 9.17) is 25.0 Å². The number of hydrogen-bond donors (Lipinski definition) is 1. The first-order valence-corrected chi connectivity index (χ1v) is 14.9. The van der Waals surface area contributed by atoms with Crippen LogP contribution in [0.5, 0.6) is 0 Å². The maximum absolute atomic E-state index is 5.18. The lowest BCUT2D eigenvalue weighted by molar-refractivity contribution is 0.895. The third kappa shape index (κ3) is 5.40. The van der Waals surface area contributed by atoms with Crippen molar-refractivity contribution in [2.75, 3.05) is 0 Å². The van der Waals surface area contributed by atoms with E-state index in [1.807, 2.05) is 54.7 Å². The highest BCUT2D eigenvalue weighted by Gasteiger charge is 2.19. The maximum Gasteiger partial charge on any atom is 0.160 e. The van der Waals surface area contributed by atoms with Crippen molar-refractivity contribution >= 4 is 35.0 Å². The zero-order valence-electron chi connectivity index (χ0n) is 24.3. The van der Waals surface area contributed by atoms with Gasteiger partial charge < -0.3 is 4.98 Å². The minimum Gasteiger partial charge on any atom is -0.355 e. The van der Waals surface area contributed by atoms with Crippen molar-refractivity contribution in [1.29, 1.82) is 0 Å². The number of fused-ring (bicyclic) bond motifs is 6. The predicted molar refractivity (Wildman–Crippen MR) is 177 cm³/mol. The number of nitrogens with one attached hydrogen (secondary N) is 1. The summed E-state index contributed by atoms with van der Waals surface area (Å²) in [5.74, 6) is 0. The van der Waals surface area contributed by atoms with Crippen LogP contribution in [0, 0.1) is 0 Å². The van der Waals surface area contributed by atoms with Gasteiger partial charge in [0.15, 0.2) is 12.3 Å². The number of allylic oxidation sites excluding steroid dienone is 2. The molecule has 3 aliphatic heterocycles. The number of hydrogen-bond acceptors (Lipinski definition) is 5. The summed E-state index contributed by atoms with van der Waals surface area (Å²) in [7, 11) is 0. The second-order valence-electron chi connectivity index (χ2n) is 10.7. The van der Waals surface area contributed by atoms with Gasteiger partial charge >= 0.3 is 0 Å². The molecule has 6 nitrogen and oxygen atoms in total. The molecule has 2 aromatic carbocycles. The molecule has 4 aromatic rings. The van der Waals surface area contributed by atoms with Crippen LogP contribution in [0.15, 0.2) is 123 Å². The van der Waals surface area contributed by atoms with Gasteiger partial charge in [-0.2, -0.15) is 0 Å². The Bertz CT molecular complexity index is 1850. The Balaban J connectivity index is 1.49. The Morgan fingerprint density at radius 3 is 1.70 bits per heavy atom. The molecule has 0 aliphatic carbocycles. The van der Waals surface area contributed by atoms with Crippen LogP contribution < -0.4 is 10.7 Å². The molecule has 2 aromatic heterocycles. The van der Waals surface area contributed by atoms with E-state index in [1.165, 1.54) is 11.1 Å². The van der Waals surface area contributed by atoms with Gasteiger partial charge in [-0.15, -0.1) is 0 Å². The van der Waals surface area contributed by atoms with Crippen molar-refractivity contribution in [2.45, 2.75) is 39.0 Å². The highest BCUT2D eigenvalue weighted by Crippen LogP contribution is 2.20. The number of nitrogens with zero attached hydrogens (tertiary/aromatic N) is 5. The molecule has 6 heteroatoms. The van der Waals surface area contributed by atoms with Crippen molar-refractivity contribution in [2.24, 2.45) is 20.0 Å². The van der Waals surface area contributed by atoms with Crippen molar-refractivity contribution in [1.82, 2.24) is 9.97 Å². The molecule has 1 N–H and O–H groups in total. The van der Waals surface area contributed by atoms with E-state index < -0.39 is 0 Å². The Morgan fingerprint density at radius 2 is 1.14 bits per heavy atom. The third-order valence-corrected chi connectivity index (χ3v) is 7.91. The third-order valence-electron chi connectivity index (χ3n) is 7.91. The van der Waals surface area contributed by atoms with Crippen LogP contribution in [0.4, 0.5) is 0 Å². The Kier molecular flexibility index (Phi) is 7.17. The summed E-state index contributed by atoms with van der Waals surface area (Å²) in [5.41, 5.74) is 9.79. The lowest BCUT2D eigenvalue weighted by Crippen LogP contribution is -2.15. The second kappa shape index (κ2) is 11.6. The van der Waals surface area contributed by atoms with Gasteiger partial charge in [0.05, 0.1) is 28.5 Å². The number of benzene rings is 2. The van der Waals surface area contributed by atoms with Crippen molar-refractivity contribution in [3.63, 3.8) is 0 Å². The molecule has 8 bridgehead atoms. The number of pyridine rings is 1. The van der Waals surface area contributed by atoms with Gasteiger partial charge in [-0.3, -0.25) is 25.0 Å². The van der Waals surface area contributed by atoms with E-state index in [2.05, 4.69) is 79.5 Å². The molecule has 0 amide bonds. The maximum atomic E-state index is 5.18. The molecule has 2 atom stereocenters. The first kappa shape index (κ1) is 26.7. The molecular weight excluding hydrogens is 528 g/mol. The quantitative estimate of drug-likeness (QED) is 0.368. The number of aliphatic imine (C=N–C) groups is 4. The molecule has 210 valence electrons.